The third kappa shape index (κ3) is 3.64. The van der Waals surface area contributed by atoms with Crippen LogP contribution in [0.4, 0.5) is 0 Å². The van der Waals surface area contributed by atoms with Gasteiger partial charge in [0.05, 0.1) is 18.6 Å². The van der Waals surface area contributed by atoms with E-state index in [2.05, 4.69) is 0 Å². The van der Waals surface area contributed by atoms with Crippen LogP contribution in [-0.2, 0) is 14.3 Å². The van der Waals surface area contributed by atoms with Crippen LogP contribution in [0.15, 0.2) is 0 Å². The predicted octanol–water partition coefficient (Wildman–Crippen LogP) is 0.727. The van der Waals surface area contributed by atoms with Gasteiger partial charge in [0.1, 0.15) is 6.61 Å². The van der Waals surface area contributed by atoms with Crippen LogP contribution < -0.4 is 0 Å². The van der Waals surface area contributed by atoms with Crippen molar-refractivity contribution < 1.29 is 19.4 Å². The number of aliphatic hydroxyl groups excluding tert-OH is 1. The standard InChI is InChI=1S/C10H18O4/c1-13-5-6-14-10(12)8-3-2-4-9(11)7-8/h8-9,11H,2-7H2,1H3. The van der Waals surface area contributed by atoms with Crippen molar-refractivity contribution in [2.24, 2.45) is 5.92 Å². The van der Waals surface area contributed by atoms with Gasteiger partial charge in [-0.15, -0.1) is 0 Å². The molecule has 1 aliphatic carbocycles. The van der Waals surface area contributed by atoms with Crippen molar-refractivity contribution >= 4 is 5.97 Å². The Hall–Kier alpha value is -0.610. The minimum Gasteiger partial charge on any atom is -0.463 e. The minimum absolute atomic E-state index is 0.115. The maximum atomic E-state index is 11.4. The summed E-state index contributed by atoms with van der Waals surface area (Å²) in [6, 6.07) is 0. The first-order chi connectivity index (χ1) is 6.74. The van der Waals surface area contributed by atoms with Gasteiger partial charge >= 0.3 is 5.97 Å². The number of hydrogen-bond donors (Lipinski definition) is 1. The van der Waals surface area contributed by atoms with Gasteiger partial charge in [-0.2, -0.15) is 0 Å². The Morgan fingerprint density at radius 2 is 2.21 bits per heavy atom. The number of esters is 1. The molecular formula is C10H18O4. The molecule has 2 atom stereocenters. The number of carbonyl (C=O) groups excluding carboxylic acids is 1. The van der Waals surface area contributed by atoms with E-state index in [4.69, 9.17) is 9.47 Å². The molecule has 1 N–H and O–H groups in total. The summed E-state index contributed by atoms with van der Waals surface area (Å²) in [5, 5.41) is 9.37. The molecule has 0 saturated heterocycles. The Labute approximate surface area is 84.2 Å². The molecule has 1 aliphatic rings. The average Bonchev–Trinajstić information content (AvgIpc) is 2.18. The second-order valence-electron chi connectivity index (χ2n) is 3.68. The molecule has 1 saturated carbocycles. The molecule has 0 bridgehead atoms. The second-order valence-corrected chi connectivity index (χ2v) is 3.68. The predicted molar refractivity (Wildman–Crippen MR) is 50.8 cm³/mol. The number of aliphatic hydroxyl groups is 1. The van der Waals surface area contributed by atoms with Crippen molar-refractivity contribution in [3.8, 4) is 0 Å². The molecule has 2 unspecified atom stereocenters. The molecule has 0 aliphatic heterocycles. The fraction of sp³-hybridized carbons (Fsp3) is 0.900. The summed E-state index contributed by atoms with van der Waals surface area (Å²) in [7, 11) is 1.57. The second kappa shape index (κ2) is 5.98. The third-order valence-corrected chi connectivity index (χ3v) is 2.51. The number of hydrogen-bond acceptors (Lipinski definition) is 4. The highest BCUT2D eigenvalue weighted by Crippen LogP contribution is 2.25. The molecule has 0 spiro atoms. The average molecular weight is 202 g/mol. The van der Waals surface area contributed by atoms with Crippen LogP contribution in [-0.4, -0.2) is 37.5 Å². The van der Waals surface area contributed by atoms with Crippen LogP contribution in [0.1, 0.15) is 25.7 Å². The van der Waals surface area contributed by atoms with Crippen LogP contribution in [0.25, 0.3) is 0 Å². The lowest BCUT2D eigenvalue weighted by molar-refractivity contribution is -0.152. The van der Waals surface area contributed by atoms with Gasteiger partial charge in [0.25, 0.3) is 0 Å². The van der Waals surface area contributed by atoms with E-state index in [1.807, 2.05) is 0 Å². The van der Waals surface area contributed by atoms with Crippen LogP contribution in [0.5, 0.6) is 0 Å². The van der Waals surface area contributed by atoms with E-state index in [1.165, 1.54) is 0 Å². The highest BCUT2D eigenvalue weighted by Gasteiger charge is 2.26. The lowest BCUT2D eigenvalue weighted by atomic mass is 9.87. The van der Waals surface area contributed by atoms with Crippen LogP contribution in [0, 0.1) is 5.92 Å². The molecule has 4 nitrogen and oxygen atoms in total. The van der Waals surface area contributed by atoms with E-state index in [0.717, 1.165) is 19.3 Å². The fourth-order valence-electron chi connectivity index (χ4n) is 1.72. The lowest BCUT2D eigenvalue weighted by Gasteiger charge is -2.24. The van der Waals surface area contributed by atoms with E-state index < -0.39 is 0 Å². The monoisotopic (exact) mass is 202 g/mol. The highest BCUT2D eigenvalue weighted by molar-refractivity contribution is 5.72. The van der Waals surface area contributed by atoms with Crippen molar-refractivity contribution in [2.75, 3.05) is 20.3 Å². The maximum Gasteiger partial charge on any atom is 0.309 e. The summed E-state index contributed by atoms with van der Waals surface area (Å²) >= 11 is 0. The van der Waals surface area contributed by atoms with Gasteiger partial charge in [-0.05, 0) is 19.3 Å². The maximum absolute atomic E-state index is 11.4. The first kappa shape index (κ1) is 11.5. The first-order valence-corrected chi connectivity index (χ1v) is 5.07. The summed E-state index contributed by atoms with van der Waals surface area (Å²) in [6.07, 6.45) is 2.77. The molecule has 0 radical (unpaired) electrons. The molecule has 0 amide bonds. The molecule has 82 valence electrons. The zero-order valence-electron chi connectivity index (χ0n) is 8.57. The normalized spacial score (nSPS) is 27.3. The molecule has 0 heterocycles. The Balaban J connectivity index is 2.22. The summed E-state index contributed by atoms with van der Waals surface area (Å²) in [5.41, 5.74) is 0. The number of ether oxygens (including phenoxy) is 2. The van der Waals surface area contributed by atoms with E-state index in [1.54, 1.807) is 7.11 Å². The zero-order valence-corrected chi connectivity index (χ0v) is 8.57. The van der Waals surface area contributed by atoms with Gasteiger partial charge in [-0.3, -0.25) is 4.79 Å². The largest absolute Gasteiger partial charge is 0.463 e. The Morgan fingerprint density at radius 1 is 1.43 bits per heavy atom. The van der Waals surface area contributed by atoms with Gasteiger partial charge in [0, 0.05) is 7.11 Å². The summed E-state index contributed by atoms with van der Waals surface area (Å²) in [6.45, 7) is 0.739. The van der Waals surface area contributed by atoms with E-state index in [0.29, 0.717) is 19.6 Å². The smallest absolute Gasteiger partial charge is 0.309 e. The third-order valence-electron chi connectivity index (χ3n) is 2.51. The van der Waals surface area contributed by atoms with Gasteiger partial charge < -0.3 is 14.6 Å². The zero-order chi connectivity index (χ0) is 10.4. The molecule has 0 aromatic heterocycles. The summed E-state index contributed by atoms with van der Waals surface area (Å²) in [5.74, 6) is -0.309. The quantitative estimate of drug-likeness (QED) is 0.539. The highest BCUT2D eigenvalue weighted by atomic mass is 16.6. The van der Waals surface area contributed by atoms with Crippen molar-refractivity contribution in [3.63, 3.8) is 0 Å². The van der Waals surface area contributed by atoms with Gasteiger partial charge in [-0.1, -0.05) is 6.42 Å². The molecule has 1 fully saturated rings. The molecule has 14 heavy (non-hydrogen) atoms. The van der Waals surface area contributed by atoms with Gasteiger partial charge in [-0.25, -0.2) is 0 Å². The van der Waals surface area contributed by atoms with Crippen LogP contribution in [0.3, 0.4) is 0 Å². The Bertz CT molecular complexity index is 181. The van der Waals surface area contributed by atoms with Crippen molar-refractivity contribution in [1.29, 1.82) is 0 Å². The van der Waals surface area contributed by atoms with Crippen molar-refractivity contribution in [2.45, 2.75) is 31.8 Å². The first-order valence-electron chi connectivity index (χ1n) is 5.07. The number of carbonyl (C=O) groups is 1. The Kier molecular flexibility index (Phi) is 4.90. The Morgan fingerprint density at radius 3 is 2.86 bits per heavy atom. The molecule has 0 aromatic carbocycles. The van der Waals surface area contributed by atoms with E-state index >= 15 is 0 Å². The number of rotatable bonds is 4. The number of methoxy groups -OCH3 is 1. The van der Waals surface area contributed by atoms with Crippen LogP contribution in [0.2, 0.25) is 0 Å². The topological polar surface area (TPSA) is 55.8 Å². The van der Waals surface area contributed by atoms with Gasteiger partial charge in [0.15, 0.2) is 0 Å². The summed E-state index contributed by atoms with van der Waals surface area (Å²) < 4.78 is 9.77. The minimum atomic E-state index is -0.330. The van der Waals surface area contributed by atoms with Crippen LogP contribution >= 0.6 is 0 Å². The summed E-state index contributed by atoms with van der Waals surface area (Å²) in [4.78, 5) is 11.4. The van der Waals surface area contributed by atoms with E-state index in [-0.39, 0.29) is 18.0 Å². The molecular weight excluding hydrogens is 184 g/mol. The molecule has 0 aromatic rings. The fourth-order valence-corrected chi connectivity index (χ4v) is 1.72. The lowest BCUT2D eigenvalue weighted by Crippen LogP contribution is -2.27. The molecule has 1 rings (SSSR count). The SMILES string of the molecule is COCCOC(=O)C1CCCC(O)C1. The van der Waals surface area contributed by atoms with Gasteiger partial charge in [0.2, 0.25) is 0 Å². The molecule has 4 heteroatoms. The van der Waals surface area contributed by atoms with Crippen molar-refractivity contribution in [1.82, 2.24) is 0 Å². The van der Waals surface area contributed by atoms with E-state index in [9.17, 15) is 9.90 Å². The van der Waals surface area contributed by atoms with Crippen molar-refractivity contribution in [3.05, 3.63) is 0 Å².